The molecule has 1 aliphatic rings. The monoisotopic (exact) mass is 378 g/mol. The number of carbonyl (C=O) groups is 1. The van der Waals surface area contributed by atoms with Gasteiger partial charge in [-0.05, 0) is 42.5 Å². The lowest BCUT2D eigenvalue weighted by molar-refractivity contribution is -0.139. The molecule has 122 valence electrons. The summed E-state index contributed by atoms with van der Waals surface area (Å²) in [5.41, 5.74) is 2.93. The average Bonchev–Trinajstić information content (AvgIpc) is 3.07. The fourth-order valence-electron chi connectivity index (χ4n) is 2.69. The van der Waals surface area contributed by atoms with E-state index in [0.29, 0.717) is 0 Å². The molecular formula is C17H19BrN2O3. The van der Waals surface area contributed by atoms with Crippen molar-refractivity contribution < 1.29 is 14.3 Å². The summed E-state index contributed by atoms with van der Waals surface area (Å²) in [6.45, 7) is 0.793. The first-order valence-electron chi connectivity index (χ1n) is 7.69. The van der Waals surface area contributed by atoms with Crippen molar-refractivity contribution in [1.29, 1.82) is 0 Å². The first-order chi connectivity index (χ1) is 11.2. The summed E-state index contributed by atoms with van der Waals surface area (Å²) in [6.07, 6.45) is 7.39. The highest BCUT2D eigenvalue weighted by Gasteiger charge is 2.17. The van der Waals surface area contributed by atoms with Crippen molar-refractivity contribution in [3.8, 4) is 11.1 Å². The van der Waals surface area contributed by atoms with Crippen molar-refractivity contribution in [2.45, 2.75) is 31.9 Å². The van der Waals surface area contributed by atoms with Crippen LogP contribution in [0.25, 0.3) is 11.1 Å². The highest BCUT2D eigenvalue weighted by molar-refractivity contribution is 9.10. The van der Waals surface area contributed by atoms with E-state index in [0.717, 1.165) is 40.6 Å². The normalized spacial score (nSPS) is 17.9. The molecule has 1 fully saturated rings. The predicted octanol–water partition coefficient (Wildman–Crippen LogP) is 3.73. The molecule has 1 aromatic heterocycles. The van der Waals surface area contributed by atoms with Crippen molar-refractivity contribution in [2.24, 2.45) is 0 Å². The van der Waals surface area contributed by atoms with E-state index in [1.165, 1.54) is 13.5 Å². The van der Waals surface area contributed by atoms with Crippen LogP contribution < -0.4 is 0 Å². The van der Waals surface area contributed by atoms with Crippen LogP contribution in [0.15, 0.2) is 35.1 Å². The SMILES string of the molecule is COC(=O)Cc1cc(-c2cnn(C3CCCCO3)c2)ccc1Br. The summed E-state index contributed by atoms with van der Waals surface area (Å²) in [6, 6.07) is 5.94. The van der Waals surface area contributed by atoms with Crippen molar-refractivity contribution in [2.75, 3.05) is 13.7 Å². The van der Waals surface area contributed by atoms with Crippen LogP contribution in [-0.2, 0) is 20.7 Å². The largest absolute Gasteiger partial charge is 0.469 e. The Morgan fingerprint density at radius 2 is 2.30 bits per heavy atom. The molecule has 5 nitrogen and oxygen atoms in total. The zero-order chi connectivity index (χ0) is 16.2. The molecule has 1 atom stereocenters. The quantitative estimate of drug-likeness (QED) is 0.760. The third-order valence-electron chi connectivity index (χ3n) is 3.99. The Balaban J connectivity index is 1.82. The van der Waals surface area contributed by atoms with Gasteiger partial charge in [0.1, 0.15) is 6.23 Å². The maximum absolute atomic E-state index is 11.5. The Kier molecular flexibility index (Phi) is 5.13. The molecule has 2 heterocycles. The minimum Gasteiger partial charge on any atom is -0.469 e. The second kappa shape index (κ2) is 7.27. The van der Waals surface area contributed by atoms with Gasteiger partial charge in [0, 0.05) is 22.8 Å². The van der Waals surface area contributed by atoms with Gasteiger partial charge in [0.25, 0.3) is 0 Å². The summed E-state index contributed by atoms with van der Waals surface area (Å²) >= 11 is 3.48. The van der Waals surface area contributed by atoms with Crippen LogP contribution >= 0.6 is 15.9 Å². The molecule has 1 aromatic carbocycles. The fourth-order valence-corrected chi connectivity index (χ4v) is 3.08. The lowest BCUT2D eigenvalue weighted by Crippen LogP contribution is -2.18. The predicted molar refractivity (Wildman–Crippen MR) is 89.9 cm³/mol. The van der Waals surface area contributed by atoms with E-state index in [4.69, 9.17) is 9.47 Å². The molecule has 1 saturated heterocycles. The second-order valence-corrected chi connectivity index (χ2v) is 6.44. The summed E-state index contributed by atoms with van der Waals surface area (Å²) in [5.74, 6) is -0.255. The van der Waals surface area contributed by atoms with Gasteiger partial charge in [-0.2, -0.15) is 5.10 Å². The van der Waals surface area contributed by atoms with E-state index in [1.54, 1.807) is 0 Å². The molecule has 23 heavy (non-hydrogen) atoms. The minimum absolute atomic E-state index is 0.0301. The third kappa shape index (κ3) is 3.82. The second-order valence-electron chi connectivity index (χ2n) is 5.59. The van der Waals surface area contributed by atoms with Crippen molar-refractivity contribution in [1.82, 2.24) is 9.78 Å². The summed E-state index contributed by atoms with van der Waals surface area (Å²) in [4.78, 5) is 11.5. The minimum atomic E-state index is -0.255. The summed E-state index contributed by atoms with van der Waals surface area (Å²) in [5, 5.41) is 4.43. The zero-order valence-corrected chi connectivity index (χ0v) is 14.6. The van der Waals surface area contributed by atoms with Gasteiger partial charge in [-0.15, -0.1) is 0 Å². The molecule has 6 heteroatoms. The molecule has 0 bridgehead atoms. The Hall–Kier alpha value is -1.66. The molecule has 0 spiro atoms. The van der Waals surface area contributed by atoms with E-state index in [1.807, 2.05) is 35.3 Å². The number of aromatic nitrogens is 2. The standard InChI is InChI=1S/C17H19BrN2O3/c1-22-17(21)9-13-8-12(5-6-15(13)18)14-10-19-20(11-14)16-4-2-3-7-23-16/h5-6,8,10-11,16H,2-4,7,9H2,1H3. The first-order valence-corrected chi connectivity index (χ1v) is 8.48. The van der Waals surface area contributed by atoms with Gasteiger partial charge in [-0.1, -0.05) is 22.0 Å². The summed E-state index contributed by atoms with van der Waals surface area (Å²) in [7, 11) is 1.40. The van der Waals surface area contributed by atoms with Crippen LogP contribution in [0, 0.1) is 0 Å². The molecule has 0 radical (unpaired) electrons. The van der Waals surface area contributed by atoms with Crippen LogP contribution in [0.5, 0.6) is 0 Å². The Morgan fingerprint density at radius 3 is 3.04 bits per heavy atom. The fraction of sp³-hybridized carbons (Fsp3) is 0.412. The van der Waals surface area contributed by atoms with Crippen molar-refractivity contribution >= 4 is 21.9 Å². The first kappa shape index (κ1) is 16.2. The number of benzene rings is 1. The average molecular weight is 379 g/mol. The molecule has 0 aliphatic carbocycles. The molecule has 1 unspecified atom stereocenters. The molecule has 3 rings (SSSR count). The number of ether oxygens (including phenoxy) is 2. The number of carbonyl (C=O) groups excluding carboxylic acids is 1. The molecule has 2 aromatic rings. The van der Waals surface area contributed by atoms with Crippen LogP contribution in [0.2, 0.25) is 0 Å². The lowest BCUT2D eigenvalue weighted by Gasteiger charge is -2.22. The Bertz CT molecular complexity index is 693. The molecular weight excluding hydrogens is 360 g/mol. The van der Waals surface area contributed by atoms with Gasteiger partial charge >= 0.3 is 5.97 Å². The molecule has 0 amide bonds. The number of halogens is 1. The van der Waals surface area contributed by atoms with Crippen LogP contribution in [-0.4, -0.2) is 29.5 Å². The van der Waals surface area contributed by atoms with E-state index < -0.39 is 0 Å². The number of nitrogens with zero attached hydrogens (tertiary/aromatic N) is 2. The lowest BCUT2D eigenvalue weighted by atomic mass is 10.0. The highest BCUT2D eigenvalue weighted by atomic mass is 79.9. The number of hydrogen-bond donors (Lipinski definition) is 0. The third-order valence-corrected chi connectivity index (χ3v) is 4.77. The Morgan fingerprint density at radius 1 is 1.43 bits per heavy atom. The number of esters is 1. The van der Waals surface area contributed by atoms with E-state index in [9.17, 15) is 4.79 Å². The van der Waals surface area contributed by atoms with Crippen LogP contribution in [0.4, 0.5) is 0 Å². The van der Waals surface area contributed by atoms with Gasteiger partial charge in [0.2, 0.25) is 0 Å². The Labute approximate surface area is 143 Å². The van der Waals surface area contributed by atoms with Crippen molar-refractivity contribution in [3.05, 3.63) is 40.6 Å². The summed E-state index contributed by atoms with van der Waals surface area (Å²) < 4.78 is 13.3. The molecule has 0 N–H and O–H groups in total. The van der Waals surface area contributed by atoms with E-state index >= 15 is 0 Å². The van der Waals surface area contributed by atoms with E-state index in [-0.39, 0.29) is 18.6 Å². The number of methoxy groups -OCH3 is 1. The van der Waals surface area contributed by atoms with Gasteiger partial charge in [0.15, 0.2) is 0 Å². The smallest absolute Gasteiger partial charge is 0.310 e. The van der Waals surface area contributed by atoms with Crippen LogP contribution in [0.3, 0.4) is 0 Å². The van der Waals surface area contributed by atoms with Gasteiger partial charge < -0.3 is 9.47 Å². The van der Waals surface area contributed by atoms with Crippen LogP contribution in [0.1, 0.15) is 31.1 Å². The maximum Gasteiger partial charge on any atom is 0.310 e. The molecule has 1 aliphatic heterocycles. The topological polar surface area (TPSA) is 53.3 Å². The van der Waals surface area contributed by atoms with Gasteiger partial charge in [-0.25, -0.2) is 4.68 Å². The van der Waals surface area contributed by atoms with E-state index in [2.05, 4.69) is 21.0 Å². The highest BCUT2D eigenvalue weighted by Crippen LogP contribution is 2.28. The number of rotatable bonds is 4. The van der Waals surface area contributed by atoms with Crippen molar-refractivity contribution in [3.63, 3.8) is 0 Å². The number of hydrogen-bond acceptors (Lipinski definition) is 4. The van der Waals surface area contributed by atoms with Gasteiger partial charge in [0.05, 0.1) is 19.7 Å². The maximum atomic E-state index is 11.5. The van der Waals surface area contributed by atoms with Gasteiger partial charge in [-0.3, -0.25) is 4.79 Å². The molecule has 0 saturated carbocycles. The zero-order valence-electron chi connectivity index (χ0n) is 13.0.